The summed E-state index contributed by atoms with van der Waals surface area (Å²) in [7, 11) is 0. The van der Waals surface area contributed by atoms with Crippen LogP contribution in [0.4, 0.5) is 5.69 Å². The summed E-state index contributed by atoms with van der Waals surface area (Å²) < 4.78 is 1.62. The van der Waals surface area contributed by atoms with Gasteiger partial charge in [-0.2, -0.15) is 0 Å². The predicted octanol–water partition coefficient (Wildman–Crippen LogP) is 2.62. The van der Waals surface area contributed by atoms with Gasteiger partial charge in [-0.05, 0) is 59.5 Å². The van der Waals surface area contributed by atoms with E-state index in [0.29, 0.717) is 6.54 Å². The Morgan fingerprint density at radius 3 is 2.64 bits per heavy atom. The number of aromatic nitrogens is 4. The zero-order valence-electron chi connectivity index (χ0n) is 15.9. The molecule has 1 aliphatic rings. The van der Waals surface area contributed by atoms with E-state index in [-0.39, 0.29) is 17.9 Å². The summed E-state index contributed by atoms with van der Waals surface area (Å²) in [6.07, 6.45) is 5.03. The first-order valence-corrected chi connectivity index (χ1v) is 9.56. The summed E-state index contributed by atoms with van der Waals surface area (Å²) in [6.45, 7) is 2.92. The first kappa shape index (κ1) is 18.2. The Labute approximate surface area is 164 Å². The minimum Gasteiger partial charge on any atom is -0.376 e. The largest absolute Gasteiger partial charge is 0.376 e. The first-order chi connectivity index (χ1) is 13.7. The summed E-state index contributed by atoms with van der Waals surface area (Å²) in [5.74, 6) is 0.00409. The second-order valence-corrected chi connectivity index (χ2v) is 7.39. The molecule has 7 heteroatoms. The smallest absolute Gasteiger partial charge is 0.239 e. The number of hydrogen-bond donors (Lipinski definition) is 2. The molecule has 0 aliphatic heterocycles. The van der Waals surface area contributed by atoms with Gasteiger partial charge in [-0.3, -0.25) is 4.79 Å². The monoisotopic (exact) mass is 376 g/mol. The molecule has 144 valence electrons. The van der Waals surface area contributed by atoms with Crippen LogP contribution < -0.4 is 10.6 Å². The van der Waals surface area contributed by atoms with Crippen LogP contribution in [0.2, 0.25) is 0 Å². The second-order valence-electron chi connectivity index (χ2n) is 7.39. The number of nitrogens with one attached hydrogen (secondary N) is 2. The number of tetrazole rings is 1. The quantitative estimate of drug-likeness (QED) is 0.662. The molecule has 0 atom stereocenters. The molecule has 4 rings (SSSR count). The minimum atomic E-state index is 0.00409. The van der Waals surface area contributed by atoms with E-state index in [0.717, 1.165) is 29.8 Å². The van der Waals surface area contributed by atoms with E-state index in [1.54, 1.807) is 11.0 Å². The number of nitrogens with zero attached hydrogens (tertiary/aromatic N) is 4. The van der Waals surface area contributed by atoms with Gasteiger partial charge in [0, 0.05) is 17.6 Å². The lowest BCUT2D eigenvalue weighted by Gasteiger charge is -2.42. The normalized spacial score (nSPS) is 14.9. The van der Waals surface area contributed by atoms with Crippen LogP contribution >= 0.6 is 0 Å². The molecule has 7 nitrogen and oxygen atoms in total. The molecular formula is C21H24N6O. The van der Waals surface area contributed by atoms with Crippen molar-refractivity contribution in [2.45, 2.75) is 31.6 Å². The van der Waals surface area contributed by atoms with Gasteiger partial charge < -0.3 is 10.6 Å². The molecule has 1 saturated carbocycles. The van der Waals surface area contributed by atoms with Crippen molar-refractivity contribution in [2.24, 2.45) is 0 Å². The summed E-state index contributed by atoms with van der Waals surface area (Å²) in [5.41, 5.74) is 4.25. The molecule has 1 fully saturated rings. The number of carbonyl (C=O) groups is 1. The average Bonchev–Trinajstić information content (AvgIpc) is 3.21. The number of amides is 1. The van der Waals surface area contributed by atoms with Crippen molar-refractivity contribution in [3.8, 4) is 5.69 Å². The molecule has 28 heavy (non-hydrogen) atoms. The van der Waals surface area contributed by atoms with Gasteiger partial charge in [0.1, 0.15) is 6.33 Å². The van der Waals surface area contributed by atoms with Crippen LogP contribution in [0.15, 0.2) is 54.9 Å². The highest BCUT2D eigenvalue weighted by Crippen LogP contribution is 2.43. The number of carbonyl (C=O) groups excluding carboxylic acids is 1. The van der Waals surface area contributed by atoms with E-state index >= 15 is 0 Å². The third-order valence-corrected chi connectivity index (χ3v) is 5.57. The summed E-state index contributed by atoms with van der Waals surface area (Å²) in [6, 6.07) is 16.4. The zero-order valence-corrected chi connectivity index (χ0v) is 15.9. The molecule has 3 aromatic rings. The maximum absolute atomic E-state index is 12.4. The van der Waals surface area contributed by atoms with E-state index < -0.39 is 0 Å². The standard InChI is InChI=1S/C21H24N6O/c1-16-12-18(8-9-19(16)27-15-24-25-26-27)22-13-20(28)23-14-21(10-5-11-21)17-6-3-2-4-7-17/h2-4,6-9,12,15,22H,5,10-11,13-14H2,1H3,(H,23,28). The number of hydrogen-bond acceptors (Lipinski definition) is 5. The van der Waals surface area contributed by atoms with Gasteiger partial charge in [0.25, 0.3) is 0 Å². The summed E-state index contributed by atoms with van der Waals surface area (Å²) in [5, 5.41) is 17.5. The Morgan fingerprint density at radius 2 is 2.00 bits per heavy atom. The van der Waals surface area contributed by atoms with Crippen molar-refractivity contribution in [3.63, 3.8) is 0 Å². The number of anilines is 1. The Morgan fingerprint density at radius 1 is 1.18 bits per heavy atom. The van der Waals surface area contributed by atoms with Gasteiger partial charge in [0.15, 0.2) is 0 Å². The topological polar surface area (TPSA) is 84.7 Å². The van der Waals surface area contributed by atoms with Crippen molar-refractivity contribution < 1.29 is 4.79 Å². The SMILES string of the molecule is Cc1cc(NCC(=O)NCC2(c3ccccc3)CCC2)ccc1-n1cnnn1. The predicted molar refractivity (Wildman–Crippen MR) is 107 cm³/mol. The Kier molecular flexibility index (Phi) is 5.06. The van der Waals surface area contributed by atoms with Gasteiger partial charge in [0.05, 0.1) is 12.2 Å². The molecule has 0 saturated heterocycles. The maximum Gasteiger partial charge on any atom is 0.239 e. The number of rotatable bonds is 7. The third-order valence-electron chi connectivity index (χ3n) is 5.57. The van der Waals surface area contributed by atoms with Crippen LogP contribution in [0.25, 0.3) is 5.69 Å². The lowest BCUT2D eigenvalue weighted by atomic mass is 9.64. The fourth-order valence-corrected chi connectivity index (χ4v) is 3.77. The molecule has 0 bridgehead atoms. The first-order valence-electron chi connectivity index (χ1n) is 9.56. The Hall–Kier alpha value is -3.22. The van der Waals surface area contributed by atoms with Gasteiger partial charge in [-0.25, -0.2) is 4.68 Å². The molecule has 0 radical (unpaired) electrons. The highest BCUT2D eigenvalue weighted by molar-refractivity contribution is 5.81. The van der Waals surface area contributed by atoms with Crippen LogP contribution in [0.1, 0.15) is 30.4 Å². The molecular weight excluding hydrogens is 352 g/mol. The fraction of sp³-hybridized carbons (Fsp3) is 0.333. The molecule has 2 aromatic carbocycles. The highest BCUT2D eigenvalue weighted by atomic mass is 16.1. The van der Waals surface area contributed by atoms with Crippen LogP contribution in [-0.4, -0.2) is 39.2 Å². The lowest BCUT2D eigenvalue weighted by molar-refractivity contribution is -0.119. The molecule has 1 heterocycles. The molecule has 2 N–H and O–H groups in total. The molecule has 1 aliphatic carbocycles. The van der Waals surface area contributed by atoms with Crippen molar-refractivity contribution in [1.29, 1.82) is 0 Å². The lowest BCUT2D eigenvalue weighted by Crippen LogP contribution is -2.46. The minimum absolute atomic E-state index is 0.00409. The van der Waals surface area contributed by atoms with Crippen molar-refractivity contribution in [1.82, 2.24) is 25.5 Å². The molecule has 1 aromatic heterocycles. The molecule has 0 unspecified atom stereocenters. The zero-order chi connectivity index (χ0) is 19.4. The Balaban J connectivity index is 1.32. The second kappa shape index (κ2) is 7.80. The van der Waals surface area contributed by atoms with E-state index in [1.165, 1.54) is 12.0 Å². The Bertz CT molecular complexity index is 935. The molecule has 1 amide bonds. The van der Waals surface area contributed by atoms with Crippen LogP contribution in [0.3, 0.4) is 0 Å². The summed E-state index contributed by atoms with van der Waals surface area (Å²) in [4.78, 5) is 12.4. The highest BCUT2D eigenvalue weighted by Gasteiger charge is 2.38. The van der Waals surface area contributed by atoms with Crippen molar-refractivity contribution >= 4 is 11.6 Å². The number of benzene rings is 2. The van der Waals surface area contributed by atoms with Crippen LogP contribution in [-0.2, 0) is 10.2 Å². The van der Waals surface area contributed by atoms with E-state index in [2.05, 4.69) is 50.4 Å². The summed E-state index contributed by atoms with van der Waals surface area (Å²) >= 11 is 0. The maximum atomic E-state index is 12.4. The average molecular weight is 376 g/mol. The van der Waals surface area contributed by atoms with Crippen LogP contribution in [0, 0.1) is 6.92 Å². The number of aryl methyl sites for hydroxylation is 1. The van der Waals surface area contributed by atoms with Gasteiger partial charge in [-0.15, -0.1) is 5.10 Å². The van der Waals surface area contributed by atoms with Crippen molar-refractivity contribution in [2.75, 3.05) is 18.4 Å². The van der Waals surface area contributed by atoms with Crippen molar-refractivity contribution in [3.05, 3.63) is 66.0 Å². The van der Waals surface area contributed by atoms with Gasteiger partial charge >= 0.3 is 0 Å². The van der Waals surface area contributed by atoms with Gasteiger partial charge in [0.2, 0.25) is 5.91 Å². The van der Waals surface area contributed by atoms with E-state index in [4.69, 9.17) is 0 Å². The van der Waals surface area contributed by atoms with Crippen LogP contribution in [0.5, 0.6) is 0 Å². The van der Waals surface area contributed by atoms with E-state index in [9.17, 15) is 4.79 Å². The van der Waals surface area contributed by atoms with Gasteiger partial charge in [-0.1, -0.05) is 36.8 Å². The third kappa shape index (κ3) is 3.74. The van der Waals surface area contributed by atoms with E-state index in [1.807, 2.05) is 31.2 Å². The fourth-order valence-electron chi connectivity index (χ4n) is 3.77. The molecule has 0 spiro atoms.